The Hall–Kier alpha value is -0.0800. The summed E-state index contributed by atoms with van der Waals surface area (Å²) in [6.45, 7) is 3.18. The lowest BCUT2D eigenvalue weighted by atomic mass is 9.89. The van der Waals surface area contributed by atoms with Crippen LogP contribution in [0.2, 0.25) is 0 Å². The molecule has 2 heteroatoms. The van der Waals surface area contributed by atoms with Crippen LogP contribution in [-0.2, 0) is 4.74 Å². The average molecular weight is 338 g/mol. The molecule has 1 saturated carbocycles. The summed E-state index contributed by atoms with van der Waals surface area (Å²) in [5.41, 5.74) is 0. The molecule has 1 saturated heterocycles. The molecule has 0 amide bonds. The van der Waals surface area contributed by atoms with Gasteiger partial charge in [0, 0.05) is 13.2 Å². The lowest BCUT2D eigenvalue weighted by Crippen LogP contribution is -2.28. The molecule has 1 atom stereocenters. The van der Waals surface area contributed by atoms with Crippen LogP contribution < -0.4 is 5.32 Å². The summed E-state index contributed by atoms with van der Waals surface area (Å²) in [7, 11) is 0. The van der Waals surface area contributed by atoms with Crippen molar-refractivity contribution >= 4 is 0 Å². The third-order valence-corrected chi connectivity index (χ3v) is 6.04. The van der Waals surface area contributed by atoms with Gasteiger partial charge in [-0.05, 0) is 25.3 Å². The van der Waals surface area contributed by atoms with E-state index in [9.17, 15) is 0 Å². The van der Waals surface area contributed by atoms with Crippen LogP contribution in [0.4, 0.5) is 0 Å². The van der Waals surface area contributed by atoms with E-state index in [-0.39, 0.29) is 0 Å². The fourth-order valence-electron chi connectivity index (χ4n) is 4.48. The molecule has 0 bridgehead atoms. The van der Waals surface area contributed by atoms with Crippen molar-refractivity contribution in [3.05, 3.63) is 0 Å². The van der Waals surface area contributed by atoms with Gasteiger partial charge in [-0.3, -0.25) is 0 Å². The molecule has 1 unspecified atom stereocenters. The molecule has 24 heavy (non-hydrogen) atoms. The Bertz CT molecular complexity index is 257. The molecule has 142 valence electrons. The van der Waals surface area contributed by atoms with E-state index >= 15 is 0 Å². The molecule has 0 radical (unpaired) electrons. The Morgan fingerprint density at radius 3 is 1.67 bits per heavy atom. The fourth-order valence-corrected chi connectivity index (χ4v) is 4.48. The van der Waals surface area contributed by atoms with Crippen molar-refractivity contribution in [2.75, 3.05) is 19.7 Å². The first-order valence-corrected chi connectivity index (χ1v) is 11.3. The second kappa shape index (κ2) is 14.1. The van der Waals surface area contributed by atoms with E-state index in [2.05, 4.69) is 5.32 Å². The van der Waals surface area contributed by atoms with E-state index in [1.807, 2.05) is 0 Å². The largest absolute Gasteiger partial charge is 0.377 e. The van der Waals surface area contributed by atoms with E-state index in [0.717, 1.165) is 25.6 Å². The Balaban J connectivity index is 1.71. The van der Waals surface area contributed by atoms with E-state index in [1.54, 1.807) is 0 Å². The minimum Gasteiger partial charge on any atom is -0.377 e. The molecule has 2 fully saturated rings. The highest BCUT2D eigenvalue weighted by atomic mass is 16.5. The summed E-state index contributed by atoms with van der Waals surface area (Å²) in [4.78, 5) is 0. The summed E-state index contributed by atoms with van der Waals surface area (Å²) in [6.07, 6.45) is 24.9. The Morgan fingerprint density at radius 1 is 0.625 bits per heavy atom. The standard InChI is InChI=1S/C22H43NO/c1-2-4-6-8-10-12-15-21(16-13-11-9-7-5-3-1)19-22-20-23-17-14-18-24-22/h21-23H,1-20H2. The number of ether oxygens (including phenoxy) is 1. The zero-order chi connectivity index (χ0) is 16.7. The van der Waals surface area contributed by atoms with Gasteiger partial charge in [0.25, 0.3) is 0 Å². The van der Waals surface area contributed by atoms with Crippen LogP contribution in [0.25, 0.3) is 0 Å². The van der Waals surface area contributed by atoms with E-state index in [0.29, 0.717) is 6.10 Å². The van der Waals surface area contributed by atoms with Gasteiger partial charge in [-0.1, -0.05) is 96.3 Å². The van der Waals surface area contributed by atoms with Crippen molar-refractivity contribution in [1.29, 1.82) is 0 Å². The second-order valence-electron chi connectivity index (χ2n) is 8.33. The summed E-state index contributed by atoms with van der Waals surface area (Å²) in [5.74, 6) is 0.905. The molecular formula is C22H43NO. The van der Waals surface area contributed by atoms with Crippen LogP contribution >= 0.6 is 0 Å². The summed E-state index contributed by atoms with van der Waals surface area (Å²) < 4.78 is 6.08. The zero-order valence-corrected chi connectivity index (χ0v) is 16.2. The SMILES string of the molecule is C1CCCCCCCC(CC2CNCCCO2)CCCCCCC1. The van der Waals surface area contributed by atoms with Gasteiger partial charge in [0.2, 0.25) is 0 Å². The normalized spacial score (nSPS) is 28.2. The lowest BCUT2D eigenvalue weighted by molar-refractivity contribution is 0.0464. The average Bonchev–Trinajstić information content (AvgIpc) is 2.85. The van der Waals surface area contributed by atoms with E-state index < -0.39 is 0 Å². The highest BCUT2D eigenvalue weighted by molar-refractivity contribution is 4.72. The molecule has 2 aliphatic rings. The molecule has 2 nitrogen and oxygen atoms in total. The first kappa shape index (κ1) is 20.2. The third-order valence-electron chi connectivity index (χ3n) is 6.04. The quantitative estimate of drug-likeness (QED) is 0.644. The van der Waals surface area contributed by atoms with E-state index in [4.69, 9.17) is 4.74 Å². The lowest BCUT2D eigenvalue weighted by Gasteiger charge is -2.23. The Kier molecular flexibility index (Phi) is 11.9. The van der Waals surface area contributed by atoms with Crippen LogP contribution in [0.1, 0.15) is 109 Å². The van der Waals surface area contributed by atoms with Gasteiger partial charge in [-0.2, -0.15) is 0 Å². The smallest absolute Gasteiger partial charge is 0.0702 e. The van der Waals surface area contributed by atoms with Crippen molar-refractivity contribution in [3.63, 3.8) is 0 Å². The number of rotatable bonds is 2. The van der Waals surface area contributed by atoms with Crippen LogP contribution in [-0.4, -0.2) is 25.8 Å². The maximum absolute atomic E-state index is 6.08. The minimum atomic E-state index is 0.475. The van der Waals surface area contributed by atoms with Gasteiger partial charge in [0.15, 0.2) is 0 Å². The van der Waals surface area contributed by atoms with Gasteiger partial charge in [0.05, 0.1) is 6.10 Å². The predicted molar refractivity (Wildman–Crippen MR) is 105 cm³/mol. The van der Waals surface area contributed by atoms with Crippen LogP contribution in [0, 0.1) is 5.92 Å². The second-order valence-corrected chi connectivity index (χ2v) is 8.33. The van der Waals surface area contributed by atoms with E-state index in [1.165, 1.54) is 109 Å². The highest BCUT2D eigenvalue weighted by Gasteiger charge is 2.18. The molecule has 1 heterocycles. The molecule has 2 rings (SSSR count). The maximum Gasteiger partial charge on any atom is 0.0702 e. The van der Waals surface area contributed by atoms with Crippen molar-refractivity contribution in [2.45, 2.75) is 115 Å². The van der Waals surface area contributed by atoms with Crippen molar-refractivity contribution in [2.24, 2.45) is 5.92 Å². The number of hydrogen-bond donors (Lipinski definition) is 1. The monoisotopic (exact) mass is 337 g/mol. The van der Waals surface area contributed by atoms with Crippen LogP contribution in [0.15, 0.2) is 0 Å². The van der Waals surface area contributed by atoms with Crippen LogP contribution in [0.5, 0.6) is 0 Å². The van der Waals surface area contributed by atoms with Crippen LogP contribution in [0.3, 0.4) is 0 Å². The molecule has 0 aromatic carbocycles. The number of hydrogen-bond acceptors (Lipinski definition) is 2. The summed E-state index contributed by atoms with van der Waals surface area (Å²) in [5, 5.41) is 3.56. The Morgan fingerprint density at radius 2 is 1.12 bits per heavy atom. The summed E-state index contributed by atoms with van der Waals surface area (Å²) in [6, 6.07) is 0. The fraction of sp³-hybridized carbons (Fsp3) is 1.00. The molecule has 1 aliphatic heterocycles. The predicted octanol–water partition coefficient (Wildman–Crippen LogP) is 6.24. The first-order chi connectivity index (χ1) is 11.9. The molecule has 0 aromatic rings. The number of nitrogens with one attached hydrogen (secondary N) is 1. The highest BCUT2D eigenvalue weighted by Crippen LogP contribution is 2.25. The van der Waals surface area contributed by atoms with Gasteiger partial charge < -0.3 is 10.1 Å². The maximum atomic E-state index is 6.08. The van der Waals surface area contributed by atoms with Gasteiger partial charge in [-0.15, -0.1) is 0 Å². The topological polar surface area (TPSA) is 21.3 Å². The van der Waals surface area contributed by atoms with Crippen molar-refractivity contribution < 1.29 is 4.74 Å². The van der Waals surface area contributed by atoms with Gasteiger partial charge >= 0.3 is 0 Å². The Labute approximate surface area is 151 Å². The van der Waals surface area contributed by atoms with Crippen molar-refractivity contribution in [3.8, 4) is 0 Å². The third kappa shape index (κ3) is 10.0. The zero-order valence-electron chi connectivity index (χ0n) is 16.2. The van der Waals surface area contributed by atoms with Gasteiger partial charge in [-0.25, -0.2) is 0 Å². The van der Waals surface area contributed by atoms with Gasteiger partial charge in [0.1, 0.15) is 0 Å². The first-order valence-electron chi connectivity index (χ1n) is 11.3. The molecule has 0 aromatic heterocycles. The molecule has 0 spiro atoms. The molecule has 1 aliphatic carbocycles. The summed E-state index contributed by atoms with van der Waals surface area (Å²) >= 11 is 0. The molecule has 1 N–H and O–H groups in total. The molecular weight excluding hydrogens is 294 g/mol. The van der Waals surface area contributed by atoms with Crippen molar-refractivity contribution in [1.82, 2.24) is 5.32 Å². The minimum absolute atomic E-state index is 0.475.